The van der Waals surface area contributed by atoms with Gasteiger partial charge in [-0.05, 0) is 68.7 Å². The van der Waals surface area contributed by atoms with Gasteiger partial charge in [0.25, 0.3) is 0 Å². The number of methoxy groups -OCH3 is 1. The van der Waals surface area contributed by atoms with E-state index < -0.39 is 22.0 Å². The monoisotopic (exact) mass is 465 g/mol. The van der Waals surface area contributed by atoms with Crippen molar-refractivity contribution in [3.8, 4) is 5.75 Å². The molecule has 1 saturated heterocycles. The molecule has 168 valence electrons. The van der Waals surface area contributed by atoms with E-state index in [0.717, 1.165) is 29.3 Å². The lowest BCUT2D eigenvalue weighted by Crippen LogP contribution is -2.45. The number of halogens is 1. The van der Waals surface area contributed by atoms with Crippen LogP contribution in [0.3, 0.4) is 0 Å². The normalized spacial score (nSPS) is 15.3. The molecule has 2 aromatic rings. The summed E-state index contributed by atoms with van der Waals surface area (Å²) in [6.45, 7) is 3.60. The number of carbonyl (C=O) groups is 1. The lowest BCUT2D eigenvalue weighted by Gasteiger charge is -2.30. The maximum absolute atomic E-state index is 12.9. The SMILES string of the molecule is COc1ccc(Cl)cc1N([C@@H](C)C(=O)Nc1ccc(N2CCCCC2)cc1)S(C)(=O)=O. The summed E-state index contributed by atoms with van der Waals surface area (Å²) in [5.74, 6) is -0.154. The van der Waals surface area contributed by atoms with Gasteiger partial charge >= 0.3 is 0 Å². The average molecular weight is 466 g/mol. The summed E-state index contributed by atoms with van der Waals surface area (Å²) >= 11 is 6.08. The first-order valence-corrected chi connectivity index (χ1v) is 12.4. The van der Waals surface area contributed by atoms with Crippen molar-refractivity contribution in [3.63, 3.8) is 0 Å². The van der Waals surface area contributed by atoms with Crippen molar-refractivity contribution in [1.29, 1.82) is 0 Å². The van der Waals surface area contributed by atoms with Gasteiger partial charge in [0.1, 0.15) is 11.8 Å². The predicted molar refractivity (Wildman–Crippen MR) is 126 cm³/mol. The van der Waals surface area contributed by atoms with Gasteiger partial charge in [0.2, 0.25) is 15.9 Å². The number of anilines is 3. The van der Waals surface area contributed by atoms with Gasteiger partial charge < -0.3 is 15.0 Å². The molecule has 0 saturated carbocycles. The van der Waals surface area contributed by atoms with E-state index >= 15 is 0 Å². The number of piperidine rings is 1. The molecule has 31 heavy (non-hydrogen) atoms. The summed E-state index contributed by atoms with van der Waals surface area (Å²) in [7, 11) is -2.37. The van der Waals surface area contributed by atoms with E-state index in [1.807, 2.05) is 24.3 Å². The van der Waals surface area contributed by atoms with E-state index in [1.54, 1.807) is 12.1 Å². The van der Waals surface area contributed by atoms with Gasteiger partial charge in [-0.3, -0.25) is 9.10 Å². The molecule has 3 rings (SSSR count). The Kier molecular flexibility index (Phi) is 7.33. The van der Waals surface area contributed by atoms with Gasteiger partial charge in [-0.1, -0.05) is 11.6 Å². The highest BCUT2D eigenvalue weighted by molar-refractivity contribution is 7.92. The van der Waals surface area contributed by atoms with E-state index in [-0.39, 0.29) is 5.69 Å². The standard InChI is InChI=1S/C22H28ClN3O4S/c1-16(26(31(3,28)29)20-15-17(23)7-12-21(20)30-2)22(27)24-18-8-10-19(11-9-18)25-13-5-4-6-14-25/h7-12,15-16H,4-6,13-14H2,1-3H3,(H,24,27)/t16-/m0/s1. The number of nitrogens with one attached hydrogen (secondary N) is 1. The molecule has 2 aromatic carbocycles. The number of carbonyl (C=O) groups excluding carboxylic acids is 1. The van der Waals surface area contributed by atoms with E-state index in [9.17, 15) is 13.2 Å². The summed E-state index contributed by atoms with van der Waals surface area (Å²) in [4.78, 5) is 15.3. The van der Waals surface area contributed by atoms with Crippen LogP contribution in [0.1, 0.15) is 26.2 Å². The molecule has 0 unspecified atom stereocenters. The summed E-state index contributed by atoms with van der Waals surface area (Å²) < 4.78 is 31.5. The first-order valence-electron chi connectivity index (χ1n) is 10.2. The van der Waals surface area contributed by atoms with E-state index in [0.29, 0.717) is 16.5 Å². The molecule has 0 spiro atoms. The number of amides is 1. The smallest absolute Gasteiger partial charge is 0.247 e. The lowest BCUT2D eigenvalue weighted by atomic mass is 10.1. The van der Waals surface area contributed by atoms with Crippen molar-refractivity contribution in [1.82, 2.24) is 0 Å². The fourth-order valence-corrected chi connectivity index (χ4v) is 5.11. The fraction of sp³-hybridized carbons (Fsp3) is 0.409. The largest absolute Gasteiger partial charge is 0.495 e. The van der Waals surface area contributed by atoms with Crippen LogP contribution in [0.15, 0.2) is 42.5 Å². The van der Waals surface area contributed by atoms with Crippen molar-refractivity contribution in [2.24, 2.45) is 0 Å². The molecule has 1 atom stereocenters. The minimum absolute atomic E-state index is 0.209. The molecular formula is C22H28ClN3O4S. The van der Waals surface area contributed by atoms with Gasteiger partial charge in [-0.15, -0.1) is 0 Å². The van der Waals surface area contributed by atoms with Gasteiger partial charge in [0, 0.05) is 29.5 Å². The second kappa shape index (κ2) is 9.78. The minimum atomic E-state index is -3.80. The van der Waals surface area contributed by atoms with Crippen LogP contribution in [0.2, 0.25) is 5.02 Å². The Bertz CT molecular complexity index is 1020. The third kappa shape index (κ3) is 5.62. The number of benzene rings is 2. The summed E-state index contributed by atoms with van der Waals surface area (Å²) in [6, 6.07) is 11.2. The van der Waals surface area contributed by atoms with Gasteiger partial charge in [-0.25, -0.2) is 8.42 Å². The molecule has 1 N–H and O–H groups in total. The average Bonchev–Trinajstić information content (AvgIpc) is 2.74. The van der Waals surface area contributed by atoms with Crippen molar-refractivity contribution in [2.75, 3.05) is 41.0 Å². The summed E-state index contributed by atoms with van der Waals surface area (Å²) in [5, 5.41) is 3.15. The predicted octanol–water partition coefficient (Wildman–Crippen LogP) is 4.13. The molecule has 7 nitrogen and oxygen atoms in total. The molecule has 0 bridgehead atoms. The Morgan fingerprint density at radius 2 is 1.77 bits per heavy atom. The van der Waals surface area contributed by atoms with Crippen LogP contribution in [0, 0.1) is 0 Å². The topological polar surface area (TPSA) is 79.0 Å². The quantitative estimate of drug-likeness (QED) is 0.665. The maximum atomic E-state index is 12.9. The molecule has 0 aliphatic carbocycles. The number of sulfonamides is 1. The van der Waals surface area contributed by atoms with Crippen LogP contribution in [-0.2, 0) is 14.8 Å². The number of hydrogen-bond acceptors (Lipinski definition) is 5. The van der Waals surface area contributed by atoms with Gasteiger partial charge in [0.05, 0.1) is 19.1 Å². The van der Waals surface area contributed by atoms with Crippen LogP contribution in [0.5, 0.6) is 5.75 Å². The number of rotatable bonds is 7. The fourth-order valence-electron chi connectivity index (χ4n) is 3.77. The first kappa shape index (κ1) is 23.2. The van der Waals surface area contributed by atoms with Gasteiger partial charge in [-0.2, -0.15) is 0 Å². The second-order valence-electron chi connectivity index (χ2n) is 7.63. The molecule has 1 amide bonds. The Morgan fingerprint density at radius 1 is 1.13 bits per heavy atom. The minimum Gasteiger partial charge on any atom is -0.495 e. The van der Waals surface area contributed by atoms with Crippen LogP contribution in [0.4, 0.5) is 17.1 Å². The third-order valence-electron chi connectivity index (χ3n) is 5.32. The van der Waals surface area contributed by atoms with Crippen molar-refractivity contribution in [2.45, 2.75) is 32.2 Å². The Morgan fingerprint density at radius 3 is 2.35 bits per heavy atom. The Hall–Kier alpha value is -2.45. The molecular weight excluding hydrogens is 438 g/mol. The molecule has 1 aliphatic heterocycles. The maximum Gasteiger partial charge on any atom is 0.247 e. The first-order chi connectivity index (χ1) is 14.7. The highest BCUT2D eigenvalue weighted by atomic mass is 35.5. The van der Waals surface area contributed by atoms with Crippen LogP contribution < -0.4 is 19.3 Å². The molecule has 0 radical (unpaired) electrons. The zero-order chi connectivity index (χ0) is 22.6. The van der Waals surface area contributed by atoms with Crippen molar-refractivity contribution >= 4 is 44.6 Å². The zero-order valence-corrected chi connectivity index (χ0v) is 19.5. The molecule has 0 aromatic heterocycles. The molecule has 1 fully saturated rings. The van der Waals surface area contributed by atoms with Crippen molar-refractivity contribution < 1.29 is 17.9 Å². The van der Waals surface area contributed by atoms with Crippen LogP contribution >= 0.6 is 11.6 Å². The van der Waals surface area contributed by atoms with E-state index in [2.05, 4.69) is 10.2 Å². The molecule has 1 heterocycles. The van der Waals surface area contributed by atoms with Crippen LogP contribution in [0.25, 0.3) is 0 Å². The number of hydrogen-bond donors (Lipinski definition) is 1. The third-order valence-corrected chi connectivity index (χ3v) is 6.79. The van der Waals surface area contributed by atoms with E-state index in [1.165, 1.54) is 39.4 Å². The summed E-state index contributed by atoms with van der Waals surface area (Å²) in [6.07, 6.45) is 4.68. The second-order valence-corrected chi connectivity index (χ2v) is 9.93. The van der Waals surface area contributed by atoms with Crippen molar-refractivity contribution in [3.05, 3.63) is 47.5 Å². The molecule has 1 aliphatic rings. The highest BCUT2D eigenvalue weighted by Crippen LogP contribution is 2.34. The number of ether oxygens (including phenoxy) is 1. The Labute approximate surface area is 189 Å². The highest BCUT2D eigenvalue weighted by Gasteiger charge is 2.31. The summed E-state index contributed by atoms with van der Waals surface area (Å²) in [5.41, 5.74) is 1.93. The number of nitrogens with zero attached hydrogens (tertiary/aromatic N) is 2. The molecule has 9 heteroatoms. The van der Waals surface area contributed by atoms with Gasteiger partial charge in [0.15, 0.2) is 0 Å². The van der Waals surface area contributed by atoms with Crippen LogP contribution in [-0.4, -0.2) is 46.8 Å². The zero-order valence-electron chi connectivity index (χ0n) is 18.0. The van der Waals surface area contributed by atoms with E-state index in [4.69, 9.17) is 16.3 Å². The lowest BCUT2D eigenvalue weighted by molar-refractivity contribution is -0.116. The Balaban J connectivity index is 1.80.